The van der Waals surface area contributed by atoms with Gasteiger partial charge in [0.15, 0.2) is 0 Å². The minimum atomic E-state index is -5.46. The van der Waals surface area contributed by atoms with Crippen molar-refractivity contribution in [2.45, 2.75) is 114 Å². The van der Waals surface area contributed by atoms with Gasteiger partial charge < -0.3 is 0 Å². The molecule has 0 N–H and O–H groups in total. The summed E-state index contributed by atoms with van der Waals surface area (Å²) in [6.07, 6.45) is 4.78. The van der Waals surface area contributed by atoms with E-state index in [9.17, 15) is 0 Å². The van der Waals surface area contributed by atoms with Crippen LogP contribution in [0.3, 0.4) is 0 Å². The molecule has 6 heteroatoms. The van der Waals surface area contributed by atoms with Gasteiger partial charge in [-0.05, 0) is 0 Å². The summed E-state index contributed by atoms with van der Waals surface area (Å²) in [6, 6.07) is 31.6. The normalized spacial score (nSPS) is 16.8. The molecule has 2 aromatic heterocycles. The molecule has 2 nitrogen and oxygen atoms in total. The number of hydrogen-bond donors (Lipinski definition) is 0. The second kappa shape index (κ2) is 14.9. The predicted molar refractivity (Wildman–Crippen MR) is 257 cm³/mol. The van der Waals surface area contributed by atoms with E-state index in [1.807, 2.05) is 13.8 Å². The van der Waals surface area contributed by atoms with E-state index in [4.69, 9.17) is 25.9 Å². The number of hydrogen-bond acceptors (Lipinski definition) is 2. The van der Waals surface area contributed by atoms with Crippen LogP contribution in [0.2, 0.25) is 13.1 Å². The van der Waals surface area contributed by atoms with Gasteiger partial charge in [0.1, 0.15) is 0 Å². The molecule has 2 aliphatic rings. The third-order valence-corrected chi connectivity index (χ3v) is 60.1. The van der Waals surface area contributed by atoms with E-state index in [1.165, 1.54) is 77.9 Å². The molecule has 4 aromatic carbocycles. The molecular formula is C54H60Cl2O2SiZr. The quantitative estimate of drug-likeness (QED) is 0.156. The number of aryl methyl sites for hydroxylation is 4. The second-order valence-electron chi connectivity index (χ2n) is 20.1. The maximum absolute atomic E-state index is 9.08. The summed E-state index contributed by atoms with van der Waals surface area (Å²) in [5.41, 5.74) is 18.3. The average Bonchev–Trinajstić information content (AvgIpc) is 3.97. The molecule has 2 atom stereocenters. The Kier molecular flexibility index (Phi) is 10.7. The van der Waals surface area contributed by atoms with E-state index in [2.05, 4.69) is 179 Å². The fourth-order valence-corrected chi connectivity index (χ4v) is 37.7. The van der Waals surface area contributed by atoms with E-state index < -0.39 is 20.4 Å². The first-order valence-electron chi connectivity index (χ1n) is 21.5. The van der Waals surface area contributed by atoms with Gasteiger partial charge in [0, 0.05) is 0 Å². The molecule has 2 heterocycles. The standard InChI is InChI=1S/2C26H27O.C2H6Si.2ClH.Zr/c2*1-16-13-20-14-21(24-12-7-17(2)27-24)15-23(20)25(18(16)3)19-8-10-22(11-9-19)26(4,5)6;1-3-2;;;/h2*7-15H,1-6H3;1-2H3;2*1H;/q;;;;;+2/p-2. The van der Waals surface area contributed by atoms with Crippen molar-refractivity contribution in [1.82, 2.24) is 0 Å². The van der Waals surface area contributed by atoms with E-state index in [-0.39, 0.29) is 18.1 Å². The van der Waals surface area contributed by atoms with Crippen molar-refractivity contribution in [3.8, 4) is 22.3 Å². The number of allylic oxidation sites excluding steroid dienone is 2. The van der Waals surface area contributed by atoms with Crippen LogP contribution in [0, 0.1) is 41.5 Å². The van der Waals surface area contributed by atoms with E-state index in [0.717, 1.165) is 34.2 Å². The number of halogens is 2. The maximum atomic E-state index is 9.08. The molecule has 0 aliphatic heterocycles. The molecule has 0 saturated carbocycles. The molecule has 310 valence electrons. The molecule has 2 unspecified atom stereocenters. The molecule has 0 amide bonds. The Balaban J connectivity index is 1.45. The number of benzene rings is 4. The van der Waals surface area contributed by atoms with Gasteiger partial charge in [-0.1, -0.05) is 0 Å². The first-order chi connectivity index (χ1) is 28.0. The first kappa shape index (κ1) is 43.3. The fraction of sp³-hybridized carbons (Fsp3) is 0.333. The predicted octanol–water partition coefficient (Wildman–Crippen LogP) is 16.8. The molecule has 0 saturated heterocycles. The van der Waals surface area contributed by atoms with Gasteiger partial charge in [0.2, 0.25) is 0 Å². The third kappa shape index (κ3) is 6.92. The third-order valence-electron chi connectivity index (χ3n) is 13.8. The molecule has 0 fully saturated rings. The topological polar surface area (TPSA) is 26.3 Å². The number of fused-ring (bicyclic) bond motifs is 2. The van der Waals surface area contributed by atoms with Crippen LogP contribution in [0.5, 0.6) is 0 Å². The molecule has 0 radical (unpaired) electrons. The average molecular weight is 931 g/mol. The summed E-state index contributed by atoms with van der Waals surface area (Å²) in [5, 5.41) is 0. The van der Waals surface area contributed by atoms with Crippen molar-refractivity contribution in [2.75, 3.05) is 0 Å². The van der Waals surface area contributed by atoms with Crippen LogP contribution < -0.4 is 0 Å². The monoisotopic (exact) mass is 928 g/mol. The van der Waals surface area contributed by atoms with Gasteiger partial charge in [0.25, 0.3) is 0 Å². The van der Waals surface area contributed by atoms with E-state index >= 15 is 0 Å². The zero-order chi connectivity index (χ0) is 43.5. The second-order valence-corrected chi connectivity index (χ2v) is 58.9. The zero-order valence-electron chi connectivity index (χ0n) is 38.0. The van der Waals surface area contributed by atoms with Gasteiger partial charge in [0.05, 0.1) is 0 Å². The van der Waals surface area contributed by atoms with Gasteiger partial charge in [-0.15, -0.1) is 0 Å². The zero-order valence-corrected chi connectivity index (χ0v) is 42.9. The van der Waals surface area contributed by atoms with Crippen LogP contribution in [-0.4, -0.2) is 5.43 Å². The summed E-state index contributed by atoms with van der Waals surface area (Å²) in [4.78, 5) is 0. The van der Waals surface area contributed by atoms with E-state index in [1.54, 1.807) is 0 Å². The SMILES string of the molecule is Cc1ccc(C2=Cc3c(cc(C)c(C)c3-c3ccc(C(C)(C)C)cc3)[CH]2[Zr]([Cl])([Cl])([CH]2C(c3ccc(C)o3)=Cc3c2cc(C)c(C)c3-c2ccc(C(C)(C)C)cc2)=[Si](C)C)o1. The van der Waals surface area contributed by atoms with Crippen LogP contribution in [0.15, 0.2) is 93.8 Å². The number of furan rings is 2. The summed E-state index contributed by atoms with van der Waals surface area (Å²) in [5.74, 6) is 3.43. The molecular weight excluding hydrogens is 871 g/mol. The Hall–Kier alpha value is -3.40. The van der Waals surface area contributed by atoms with Crippen molar-refractivity contribution in [2.24, 2.45) is 0 Å². The summed E-state index contributed by atoms with van der Waals surface area (Å²) < 4.78 is 12.8. The Bertz CT molecular complexity index is 2670. The van der Waals surface area contributed by atoms with Gasteiger partial charge in [-0.3, -0.25) is 0 Å². The Labute approximate surface area is 366 Å². The minimum absolute atomic E-state index is 0.0533. The fourth-order valence-electron chi connectivity index (χ4n) is 10.0. The van der Waals surface area contributed by atoms with Crippen molar-refractivity contribution in [3.63, 3.8) is 0 Å². The van der Waals surface area contributed by atoms with Crippen molar-refractivity contribution in [3.05, 3.63) is 164 Å². The molecule has 2 aliphatic carbocycles. The molecule has 0 bridgehead atoms. The Morgan fingerprint density at radius 3 is 1.15 bits per heavy atom. The number of rotatable bonds is 6. The van der Waals surface area contributed by atoms with Crippen LogP contribution in [0.25, 0.3) is 45.6 Å². The van der Waals surface area contributed by atoms with E-state index in [0.29, 0.717) is 0 Å². The Morgan fingerprint density at radius 1 is 0.517 bits per heavy atom. The van der Waals surface area contributed by atoms with Crippen LogP contribution in [0.4, 0.5) is 0 Å². The van der Waals surface area contributed by atoms with Crippen molar-refractivity contribution >= 4 is 45.8 Å². The molecule has 8 rings (SSSR count). The van der Waals surface area contributed by atoms with Crippen LogP contribution in [-0.2, 0) is 25.8 Å². The van der Waals surface area contributed by atoms with Crippen molar-refractivity contribution in [1.29, 1.82) is 0 Å². The molecule has 0 spiro atoms. The summed E-state index contributed by atoms with van der Waals surface area (Å²) in [7, 11) is 18.2. The van der Waals surface area contributed by atoms with Gasteiger partial charge >= 0.3 is 370 Å². The first-order valence-corrected chi connectivity index (χ1v) is 36.8. The summed E-state index contributed by atoms with van der Waals surface area (Å²) in [6.45, 7) is 31.4. The Morgan fingerprint density at radius 2 is 0.867 bits per heavy atom. The van der Waals surface area contributed by atoms with Crippen LogP contribution >= 0.6 is 17.0 Å². The van der Waals surface area contributed by atoms with Gasteiger partial charge in [-0.25, -0.2) is 0 Å². The van der Waals surface area contributed by atoms with Gasteiger partial charge in [-0.2, -0.15) is 0 Å². The summed E-state index contributed by atoms with van der Waals surface area (Å²) >= 11 is -5.46. The molecule has 60 heavy (non-hydrogen) atoms. The van der Waals surface area contributed by atoms with Crippen molar-refractivity contribution < 1.29 is 23.8 Å². The molecule has 6 aromatic rings. The van der Waals surface area contributed by atoms with Crippen LogP contribution in [0.1, 0.15) is 127 Å².